The smallest absolute Gasteiger partial charge is 0.277 e. The maximum absolute atomic E-state index is 12.2. The summed E-state index contributed by atoms with van der Waals surface area (Å²) in [5.74, 6) is 3.67. The van der Waals surface area contributed by atoms with E-state index in [1.54, 1.807) is 14.2 Å². The Balaban J connectivity index is 1.28. The average molecular weight is 404 g/mol. The first kappa shape index (κ1) is 19.1. The lowest BCUT2D eigenvalue weighted by Gasteiger charge is -2.22. The Hall–Kier alpha value is -2.22. The van der Waals surface area contributed by atoms with Gasteiger partial charge in [0.05, 0.1) is 26.4 Å². The van der Waals surface area contributed by atoms with Gasteiger partial charge >= 0.3 is 0 Å². The van der Waals surface area contributed by atoms with Gasteiger partial charge in [-0.25, -0.2) is 0 Å². The molecule has 0 saturated heterocycles. The quantitative estimate of drug-likeness (QED) is 0.678. The molecule has 2 aromatic rings. The summed E-state index contributed by atoms with van der Waals surface area (Å²) in [5.41, 5.74) is 0.979. The number of aromatic nitrogens is 2. The Morgan fingerprint density at radius 3 is 2.79 bits per heavy atom. The van der Waals surface area contributed by atoms with Crippen LogP contribution in [0.3, 0.4) is 0 Å². The van der Waals surface area contributed by atoms with Gasteiger partial charge in [-0.1, -0.05) is 24.2 Å². The summed E-state index contributed by atoms with van der Waals surface area (Å²) in [4.78, 5) is 12.2. The third-order valence-electron chi connectivity index (χ3n) is 5.66. The number of fused-ring (bicyclic) bond motifs is 2. The predicted octanol–water partition coefficient (Wildman–Crippen LogP) is 3.07. The van der Waals surface area contributed by atoms with Crippen LogP contribution in [0.25, 0.3) is 0 Å². The number of nitrogens with one attached hydrogen (secondary N) is 1. The fraction of sp³-hybridized carbons (Fsp3) is 0.550. The number of ether oxygens (including phenoxy) is 2. The molecule has 2 aliphatic rings. The highest BCUT2D eigenvalue weighted by molar-refractivity contribution is 7.99. The van der Waals surface area contributed by atoms with E-state index in [9.17, 15) is 4.79 Å². The third kappa shape index (κ3) is 4.27. The van der Waals surface area contributed by atoms with Crippen LogP contribution in [0, 0.1) is 11.8 Å². The summed E-state index contributed by atoms with van der Waals surface area (Å²) in [6.07, 6.45) is 5.49. The monoisotopic (exact) mass is 403 g/mol. The van der Waals surface area contributed by atoms with Crippen molar-refractivity contribution in [2.45, 2.75) is 43.4 Å². The number of rotatable bonds is 8. The molecule has 8 heteroatoms. The van der Waals surface area contributed by atoms with Crippen molar-refractivity contribution in [2.75, 3.05) is 20.0 Å². The number of amides is 1. The van der Waals surface area contributed by atoms with E-state index in [1.807, 2.05) is 18.2 Å². The topological polar surface area (TPSA) is 86.5 Å². The number of carbonyl (C=O) groups is 1. The van der Waals surface area contributed by atoms with E-state index in [4.69, 9.17) is 13.9 Å². The molecule has 0 radical (unpaired) electrons. The first-order chi connectivity index (χ1) is 13.6. The second kappa shape index (κ2) is 8.43. The van der Waals surface area contributed by atoms with Crippen molar-refractivity contribution in [1.29, 1.82) is 0 Å². The van der Waals surface area contributed by atoms with E-state index in [0.29, 0.717) is 46.7 Å². The van der Waals surface area contributed by atoms with Crippen molar-refractivity contribution >= 4 is 17.7 Å². The second-order valence-electron chi connectivity index (χ2n) is 7.47. The Morgan fingerprint density at radius 2 is 2.07 bits per heavy atom. The minimum Gasteiger partial charge on any atom is -0.493 e. The fourth-order valence-electron chi connectivity index (χ4n) is 4.33. The van der Waals surface area contributed by atoms with Crippen LogP contribution in [0.1, 0.15) is 37.1 Å². The van der Waals surface area contributed by atoms with Crippen molar-refractivity contribution in [2.24, 2.45) is 11.8 Å². The Bertz CT molecular complexity index is 841. The lowest BCUT2D eigenvalue weighted by atomic mass is 9.95. The molecule has 2 aliphatic carbocycles. The highest BCUT2D eigenvalue weighted by atomic mass is 32.2. The van der Waals surface area contributed by atoms with E-state index in [-0.39, 0.29) is 5.91 Å². The molecule has 1 aromatic heterocycles. The van der Waals surface area contributed by atoms with Gasteiger partial charge in [0.25, 0.3) is 5.22 Å². The number of nitrogens with zero attached hydrogens (tertiary/aromatic N) is 2. The molecule has 7 nitrogen and oxygen atoms in total. The molecule has 2 bridgehead atoms. The zero-order valence-corrected chi connectivity index (χ0v) is 17.0. The van der Waals surface area contributed by atoms with Crippen molar-refractivity contribution in [3.05, 3.63) is 29.7 Å². The molecule has 1 N–H and O–H groups in total. The molecular weight excluding hydrogens is 378 g/mol. The Labute approximate surface area is 168 Å². The molecule has 150 valence electrons. The van der Waals surface area contributed by atoms with Gasteiger partial charge in [0.2, 0.25) is 11.8 Å². The molecular formula is C20H25N3O4S. The molecule has 1 heterocycles. The maximum atomic E-state index is 12.2. The van der Waals surface area contributed by atoms with Crippen LogP contribution in [-0.2, 0) is 11.2 Å². The fourth-order valence-corrected chi connectivity index (χ4v) is 4.92. The van der Waals surface area contributed by atoms with Gasteiger partial charge in [0.15, 0.2) is 11.5 Å². The number of carbonyl (C=O) groups excluding carboxylic acids is 1. The lowest BCUT2D eigenvalue weighted by Crippen LogP contribution is -2.39. The maximum Gasteiger partial charge on any atom is 0.277 e. The van der Waals surface area contributed by atoms with Gasteiger partial charge < -0.3 is 19.2 Å². The average Bonchev–Trinajstić information content (AvgIpc) is 3.43. The molecule has 0 unspecified atom stereocenters. The number of methoxy groups -OCH3 is 2. The van der Waals surface area contributed by atoms with Gasteiger partial charge in [-0.3, -0.25) is 4.79 Å². The van der Waals surface area contributed by atoms with Crippen LogP contribution >= 0.6 is 11.8 Å². The molecule has 2 saturated carbocycles. The molecule has 4 rings (SSSR count). The summed E-state index contributed by atoms with van der Waals surface area (Å²) < 4.78 is 16.2. The molecule has 0 aliphatic heterocycles. The first-order valence-electron chi connectivity index (χ1n) is 9.60. The predicted molar refractivity (Wildman–Crippen MR) is 105 cm³/mol. The van der Waals surface area contributed by atoms with E-state index in [1.165, 1.54) is 31.0 Å². The van der Waals surface area contributed by atoms with Crippen LogP contribution < -0.4 is 14.8 Å². The van der Waals surface area contributed by atoms with Crippen LogP contribution in [0.15, 0.2) is 27.8 Å². The van der Waals surface area contributed by atoms with E-state index in [0.717, 1.165) is 17.9 Å². The Kier molecular flexibility index (Phi) is 5.75. The second-order valence-corrected chi connectivity index (χ2v) is 8.39. The summed E-state index contributed by atoms with van der Waals surface area (Å²) >= 11 is 1.28. The molecule has 1 aromatic carbocycles. The minimum atomic E-state index is 0.0437. The lowest BCUT2D eigenvalue weighted by molar-refractivity contribution is -0.119. The van der Waals surface area contributed by atoms with Crippen LogP contribution in [0.2, 0.25) is 0 Å². The summed E-state index contributed by atoms with van der Waals surface area (Å²) in [7, 11) is 3.21. The number of thioether (sulfide) groups is 1. The van der Waals surface area contributed by atoms with Gasteiger partial charge in [-0.15, -0.1) is 10.2 Å². The van der Waals surface area contributed by atoms with Crippen molar-refractivity contribution in [3.63, 3.8) is 0 Å². The highest BCUT2D eigenvalue weighted by Crippen LogP contribution is 2.44. The summed E-state index contributed by atoms with van der Waals surface area (Å²) in [6, 6.07) is 6.02. The zero-order valence-electron chi connectivity index (χ0n) is 16.1. The SMILES string of the molecule is COc1ccc(Cc2nnc(SCC(=O)N[C@H]3C[C@@H]4CC[C@@H]3C4)o2)cc1OC. The summed E-state index contributed by atoms with van der Waals surface area (Å²) in [6.45, 7) is 0. The zero-order chi connectivity index (χ0) is 19.5. The molecule has 0 spiro atoms. The normalized spacial score (nSPS) is 23.0. The third-order valence-corrected chi connectivity index (χ3v) is 6.48. The van der Waals surface area contributed by atoms with Crippen molar-refractivity contribution in [1.82, 2.24) is 15.5 Å². The number of hydrogen-bond donors (Lipinski definition) is 1. The van der Waals surface area contributed by atoms with Crippen LogP contribution in [-0.4, -0.2) is 42.1 Å². The van der Waals surface area contributed by atoms with Gasteiger partial charge in [0.1, 0.15) is 0 Å². The van der Waals surface area contributed by atoms with Crippen LogP contribution in [0.4, 0.5) is 0 Å². The van der Waals surface area contributed by atoms with Crippen LogP contribution in [0.5, 0.6) is 11.5 Å². The number of hydrogen-bond acceptors (Lipinski definition) is 7. The standard InChI is InChI=1S/C20H25N3O4S/c1-25-16-6-4-13(9-17(16)26-2)10-19-22-23-20(27-19)28-11-18(24)21-15-8-12-3-5-14(15)7-12/h4,6,9,12,14-15H,3,5,7-8,10-11H2,1-2H3,(H,21,24)/t12-,14-,15+/m1/s1. The number of benzene rings is 1. The van der Waals surface area contributed by atoms with Gasteiger partial charge in [-0.2, -0.15) is 0 Å². The van der Waals surface area contributed by atoms with Gasteiger partial charge in [0, 0.05) is 6.04 Å². The van der Waals surface area contributed by atoms with Crippen molar-refractivity contribution in [3.8, 4) is 11.5 Å². The minimum absolute atomic E-state index is 0.0437. The molecule has 3 atom stereocenters. The largest absolute Gasteiger partial charge is 0.493 e. The van der Waals surface area contributed by atoms with Crippen molar-refractivity contribution < 1.29 is 18.7 Å². The summed E-state index contributed by atoms with van der Waals surface area (Å²) in [5, 5.41) is 11.7. The Morgan fingerprint density at radius 1 is 1.21 bits per heavy atom. The molecule has 1 amide bonds. The van der Waals surface area contributed by atoms with E-state index < -0.39 is 0 Å². The van der Waals surface area contributed by atoms with Gasteiger partial charge in [-0.05, 0) is 48.8 Å². The molecule has 28 heavy (non-hydrogen) atoms. The van der Waals surface area contributed by atoms with E-state index >= 15 is 0 Å². The molecule has 2 fully saturated rings. The highest BCUT2D eigenvalue weighted by Gasteiger charge is 2.40. The van der Waals surface area contributed by atoms with E-state index in [2.05, 4.69) is 15.5 Å². The first-order valence-corrected chi connectivity index (χ1v) is 10.6.